The second-order valence-corrected chi connectivity index (χ2v) is 4.05. The molecule has 0 radical (unpaired) electrons. The van der Waals surface area contributed by atoms with E-state index in [-0.39, 0.29) is 6.04 Å². The molecular weight excluding hydrogens is 196 g/mol. The molecule has 2 heterocycles. The number of thiazole rings is 1. The molecule has 4 nitrogen and oxygen atoms in total. The number of H-pyrrole nitrogens is 1. The maximum Gasteiger partial charge on any atom is 0.129 e. The van der Waals surface area contributed by atoms with E-state index in [2.05, 4.69) is 25.6 Å². The van der Waals surface area contributed by atoms with Crippen molar-refractivity contribution < 1.29 is 0 Å². The van der Waals surface area contributed by atoms with Gasteiger partial charge >= 0.3 is 0 Å². The summed E-state index contributed by atoms with van der Waals surface area (Å²) >= 11 is 1.65. The molecule has 0 bridgehead atoms. The van der Waals surface area contributed by atoms with Crippen molar-refractivity contribution in [3.8, 4) is 0 Å². The van der Waals surface area contributed by atoms with Gasteiger partial charge in [-0.1, -0.05) is 0 Å². The van der Waals surface area contributed by atoms with Crippen LogP contribution in [-0.2, 0) is 0 Å². The van der Waals surface area contributed by atoms with Crippen LogP contribution in [0, 0.1) is 6.92 Å². The maximum atomic E-state index is 4.43. The molecule has 0 saturated heterocycles. The molecule has 0 saturated carbocycles. The Kier molecular flexibility index (Phi) is 2.60. The minimum atomic E-state index is 0.0648. The largest absolute Gasteiger partial charge is 0.347 e. The normalized spacial score (nSPS) is 13.0. The van der Waals surface area contributed by atoms with Gasteiger partial charge in [0, 0.05) is 17.8 Å². The van der Waals surface area contributed by atoms with E-state index in [1.54, 1.807) is 17.5 Å². The van der Waals surface area contributed by atoms with Crippen molar-refractivity contribution in [1.29, 1.82) is 0 Å². The molecular formula is C9H12N4S. The third-order valence-electron chi connectivity index (χ3n) is 2.01. The summed E-state index contributed by atoms with van der Waals surface area (Å²) in [5.41, 5.74) is 1.02. The Morgan fingerprint density at radius 3 is 2.93 bits per heavy atom. The highest BCUT2D eigenvalue weighted by atomic mass is 32.1. The third kappa shape index (κ3) is 1.69. The number of rotatable bonds is 3. The lowest BCUT2D eigenvalue weighted by Gasteiger charge is -2.10. The first-order chi connectivity index (χ1) is 6.81. The lowest BCUT2D eigenvalue weighted by Crippen LogP contribution is -2.19. The van der Waals surface area contributed by atoms with Crippen molar-refractivity contribution in [2.45, 2.75) is 13.0 Å². The predicted octanol–water partition coefficient (Wildman–Crippen LogP) is 1.48. The average molecular weight is 208 g/mol. The molecule has 0 amide bonds. The number of aryl methyl sites for hydroxylation is 1. The molecule has 1 unspecified atom stereocenters. The molecule has 0 aromatic carbocycles. The Bertz CT molecular complexity index is 393. The van der Waals surface area contributed by atoms with E-state index in [0.717, 1.165) is 16.5 Å². The van der Waals surface area contributed by atoms with Crippen molar-refractivity contribution in [2.75, 3.05) is 7.05 Å². The van der Waals surface area contributed by atoms with Crippen LogP contribution in [0.3, 0.4) is 0 Å². The molecule has 2 aromatic heterocycles. The van der Waals surface area contributed by atoms with Crippen molar-refractivity contribution in [3.05, 3.63) is 34.3 Å². The van der Waals surface area contributed by atoms with Gasteiger partial charge in [0.15, 0.2) is 0 Å². The molecule has 5 heteroatoms. The van der Waals surface area contributed by atoms with Crippen LogP contribution in [0.5, 0.6) is 0 Å². The predicted molar refractivity (Wildman–Crippen MR) is 56.3 cm³/mol. The molecule has 14 heavy (non-hydrogen) atoms. The lowest BCUT2D eigenvalue weighted by atomic mass is 10.2. The van der Waals surface area contributed by atoms with E-state index in [4.69, 9.17) is 0 Å². The molecule has 0 spiro atoms. The number of hydrogen-bond acceptors (Lipinski definition) is 4. The Balaban J connectivity index is 2.31. The zero-order valence-corrected chi connectivity index (χ0v) is 8.93. The van der Waals surface area contributed by atoms with Gasteiger partial charge in [0.1, 0.15) is 11.9 Å². The fraction of sp³-hybridized carbons (Fsp3) is 0.333. The molecule has 1 atom stereocenters. The minimum Gasteiger partial charge on any atom is -0.347 e. The Labute approximate surface area is 86.4 Å². The molecule has 2 aromatic rings. The van der Waals surface area contributed by atoms with Gasteiger partial charge in [-0.05, 0) is 14.0 Å². The third-order valence-corrected chi connectivity index (χ3v) is 2.81. The second-order valence-electron chi connectivity index (χ2n) is 2.99. The van der Waals surface area contributed by atoms with Crippen LogP contribution < -0.4 is 5.32 Å². The molecule has 0 aliphatic carbocycles. The minimum absolute atomic E-state index is 0.0648. The van der Waals surface area contributed by atoms with Gasteiger partial charge in [0.25, 0.3) is 0 Å². The fourth-order valence-electron chi connectivity index (χ4n) is 1.37. The first-order valence-electron chi connectivity index (χ1n) is 4.40. The maximum absolute atomic E-state index is 4.43. The lowest BCUT2D eigenvalue weighted by molar-refractivity contribution is 0.639. The molecule has 2 rings (SSSR count). The summed E-state index contributed by atoms with van der Waals surface area (Å²) in [6.07, 6.45) is 3.57. The first-order valence-corrected chi connectivity index (χ1v) is 5.28. The number of aromatic nitrogens is 3. The second kappa shape index (κ2) is 3.89. The van der Waals surface area contributed by atoms with Crippen molar-refractivity contribution >= 4 is 11.3 Å². The van der Waals surface area contributed by atoms with Crippen LogP contribution >= 0.6 is 11.3 Å². The first kappa shape index (κ1) is 9.36. The summed E-state index contributed by atoms with van der Waals surface area (Å²) in [7, 11) is 1.90. The summed E-state index contributed by atoms with van der Waals surface area (Å²) in [5, 5.41) is 6.31. The summed E-state index contributed by atoms with van der Waals surface area (Å²) in [4.78, 5) is 11.7. The van der Waals surface area contributed by atoms with Crippen LogP contribution in [0.2, 0.25) is 0 Å². The monoisotopic (exact) mass is 208 g/mol. The van der Waals surface area contributed by atoms with E-state index in [0.29, 0.717) is 0 Å². The van der Waals surface area contributed by atoms with Crippen LogP contribution in [0.15, 0.2) is 17.8 Å². The highest BCUT2D eigenvalue weighted by Gasteiger charge is 2.16. The van der Waals surface area contributed by atoms with Crippen molar-refractivity contribution in [3.63, 3.8) is 0 Å². The quantitative estimate of drug-likeness (QED) is 0.803. The summed E-state index contributed by atoms with van der Waals surface area (Å²) in [6.45, 7) is 2.00. The zero-order valence-electron chi connectivity index (χ0n) is 8.11. The number of imidazole rings is 1. The molecule has 0 aliphatic heterocycles. The molecule has 0 aliphatic rings. The van der Waals surface area contributed by atoms with Gasteiger partial charge in [-0.2, -0.15) is 0 Å². The number of hydrogen-bond donors (Lipinski definition) is 2. The Hall–Kier alpha value is -1.20. The van der Waals surface area contributed by atoms with Crippen molar-refractivity contribution in [1.82, 2.24) is 20.3 Å². The van der Waals surface area contributed by atoms with Gasteiger partial charge < -0.3 is 10.3 Å². The van der Waals surface area contributed by atoms with Gasteiger partial charge in [-0.3, -0.25) is 0 Å². The number of nitrogens with one attached hydrogen (secondary N) is 2. The van der Waals surface area contributed by atoms with E-state index in [9.17, 15) is 0 Å². The van der Waals surface area contributed by atoms with Crippen LogP contribution in [-0.4, -0.2) is 22.0 Å². The Morgan fingerprint density at radius 2 is 2.43 bits per heavy atom. The van der Waals surface area contributed by atoms with Crippen LogP contribution in [0.4, 0.5) is 0 Å². The average Bonchev–Trinajstić information content (AvgIpc) is 2.79. The Morgan fingerprint density at radius 1 is 1.57 bits per heavy atom. The van der Waals surface area contributed by atoms with E-state index in [1.807, 2.05) is 20.2 Å². The van der Waals surface area contributed by atoms with Gasteiger partial charge in [-0.25, -0.2) is 9.97 Å². The smallest absolute Gasteiger partial charge is 0.129 e. The van der Waals surface area contributed by atoms with Gasteiger partial charge in [-0.15, -0.1) is 11.3 Å². The van der Waals surface area contributed by atoms with Crippen LogP contribution in [0.1, 0.15) is 22.6 Å². The highest BCUT2D eigenvalue weighted by molar-refractivity contribution is 7.09. The molecule has 2 N–H and O–H groups in total. The molecule has 0 fully saturated rings. The fourth-order valence-corrected chi connectivity index (χ4v) is 2.01. The van der Waals surface area contributed by atoms with E-state index >= 15 is 0 Å². The summed E-state index contributed by atoms with van der Waals surface area (Å²) < 4.78 is 0. The van der Waals surface area contributed by atoms with E-state index in [1.165, 1.54) is 0 Å². The summed E-state index contributed by atoms with van der Waals surface area (Å²) in [6, 6.07) is 0.0648. The van der Waals surface area contributed by atoms with E-state index < -0.39 is 0 Å². The highest BCUT2D eigenvalue weighted by Crippen LogP contribution is 2.20. The van der Waals surface area contributed by atoms with Gasteiger partial charge in [0.05, 0.1) is 10.7 Å². The summed E-state index contributed by atoms with van der Waals surface area (Å²) in [5.74, 6) is 0.901. The van der Waals surface area contributed by atoms with Crippen molar-refractivity contribution in [2.24, 2.45) is 0 Å². The zero-order chi connectivity index (χ0) is 9.97. The number of nitrogens with zero attached hydrogens (tertiary/aromatic N) is 2. The SMILES string of the molecule is CNC(c1csc(C)n1)c1ncc[nH]1. The van der Waals surface area contributed by atoms with Gasteiger partial charge in [0.2, 0.25) is 0 Å². The standard InChI is InChI=1S/C9H12N4S/c1-6-13-7(5-14-6)8(10-2)9-11-3-4-12-9/h3-5,8,10H,1-2H3,(H,11,12). The topological polar surface area (TPSA) is 53.6 Å². The number of aromatic amines is 1. The molecule has 74 valence electrons. The van der Waals surface area contributed by atoms with Crippen LogP contribution in [0.25, 0.3) is 0 Å².